The van der Waals surface area contributed by atoms with Crippen molar-refractivity contribution in [1.82, 2.24) is 0 Å². The van der Waals surface area contributed by atoms with E-state index in [1.54, 1.807) is 48.5 Å². The van der Waals surface area contributed by atoms with Crippen LogP contribution in [0.15, 0.2) is 71.7 Å². The van der Waals surface area contributed by atoms with Gasteiger partial charge in [0.25, 0.3) is 0 Å². The number of rotatable bonds is 5. The van der Waals surface area contributed by atoms with Crippen molar-refractivity contribution < 1.29 is 19.4 Å². The van der Waals surface area contributed by atoms with Gasteiger partial charge in [-0.3, -0.25) is 9.79 Å². The molecule has 0 amide bonds. The molecule has 0 spiro atoms. The second-order valence-electron chi connectivity index (χ2n) is 5.88. The van der Waals surface area contributed by atoms with Crippen LogP contribution in [-0.2, 0) is 4.74 Å². The summed E-state index contributed by atoms with van der Waals surface area (Å²) in [6, 6.07) is 17.7. The van der Waals surface area contributed by atoms with E-state index in [1.807, 2.05) is 0 Å². The van der Waals surface area contributed by atoms with E-state index in [0.717, 1.165) is 0 Å². The Morgan fingerprint density at radius 3 is 2.39 bits per heavy atom. The van der Waals surface area contributed by atoms with E-state index in [-0.39, 0.29) is 17.2 Å². The predicted octanol–water partition coefficient (Wildman–Crippen LogP) is 4.81. The molecule has 1 N–H and O–H groups in total. The Morgan fingerprint density at radius 2 is 1.68 bits per heavy atom. The normalized spacial score (nSPS) is 10.8. The monoisotopic (exact) mass is 393 g/mol. The number of esters is 1. The summed E-state index contributed by atoms with van der Waals surface area (Å²) in [5.74, 6) is -0.791. The molecule has 0 saturated heterocycles. The molecule has 0 aliphatic carbocycles. The van der Waals surface area contributed by atoms with Crippen LogP contribution >= 0.6 is 11.6 Å². The van der Waals surface area contributed by atoms with Crippen molar-refractivity contribution >= 4 is 35.3 Å². The van der Waals surface area contributed by atoms with Gasteiger partial charge in [-0.2, -0.15) is 0 Å². The topological polar surface area (TPSA) is 76.0 Å². The molecule has 0 saturated carbocycles. The number of benzene rings is 3. The molecule has 5 nitrogen and oxygen atoms in total. The van der Waals surface area contributed by atoms with E-state index in [1.165, 1.54) is 31.5 Å². The average Bonchev–Trinajstić information content (AvgIpc) is 2.73. The van der Waals surface area contributed by atoms with Crippen molar-refractivity contribution in [2.45, 2.75) is 0 Å². The van der Waals surface area contributed by atoms with Gasteiger partial charge in [0.05, 0.1) is 12.7 Å². The van der Waals surface area contributed by atoms with Gasteiger partial charge in [0.2, 0.25) is 0 Å². The number of phenolic OH excluding ortho intramolecular Hbond substituents is 1. The lowest BCUT2D eigenvalue weighted by molar-refractivity contribution is 0.0600. The van der Waals surface area contributed by atoms with Crippen LogP contribution < -0.4 is 0 Å². The third-order valence-corrected chi connectivity index (χ3v) is 4.30. The van der Waals surface area contributed by atoms with E-state index < -0.39 is 5.97 Å². The summed E-state index contributed by atoms with van der Waals surface area (Å²) in [6.07, 6.45) is 1.44. The lowest BCUT2D eigenvalue weighted by Gasteiger charge is -2.06. The predicted molar refractivity (Wildman–Crippen MR) is 108 cm³/mol. The first kappa shape index (κ1) is 19.3. The van der Waals surface area contributed by atoms with Crippen LogP contribution in [0, 0.1) is 0 Å². The van der Waals surface area contributed by atoms with Crippen molar-refractivity contribution in [1.29, 1.82) is 0 Å². The Balaban J connectivity index is 1.93. The first-order valence-corrected chi connectivity index (χ1v) is 8.72. The summed E-state index contributed by atoms with van der Waals surface area (Å²) >= 11 is 5.86. The highest BCUT2D eigenvalue weighted by molar-refractivity contribution is 6.30. The molecule has 0 bridgehead atoms. The zero-order valence-corrected chi connectivity index (χ0v) is 15.7. The Kier molecular flexibility index (Phi) is 5.87. The lowest BCUT2D eigenvalue weighted by atomic mass is 10.0. The van der Waals surface area contributed by atoms with Crippen LogP contribution in [0.4, 0.5) is 5.69 Å². The number of phenols is 1. The minimum Gasteiger partial charge on any atom is -0.506 e. The first-order chi connectivity index (χ1) is 13.5. The maximum Gasteiger partial charge on any atom is 0.338 e. The van der Waals surface area contributed by atoms with Gasteiger partial charge in [0.15, 0.2) is 5.78 Å². The molecule has 0 unspecified atom stereocenters. The molecule has 3 aromatic carbocycles. The zero-order chi connectivity index (χ0) is 20.1. The van der Waals surface area contributed by atoms with Crippen molar-refractivity contribution in [3.05, 3.63) is 94.0 Å². The van der Waals surface area contributed by atoms with E-state index in [2.05, 4.69) is 4.99 Å². The molecule has 0 aliphatic rings. The molecule has 0 atom stereocenters. The highest BCUT2D eigenvalue weighted by Gasteiger charge is 2.12. The summed E-state index contributed by atoms with van der Waals surface area (Å²) < 4.78 is 4.76. The number of carbonyl (C=O) groups is 2. The second-order valence-corrected chi connectivity index (χ2v) is 6.31. The van der Waals surface area contributed by atoms with Crippen molar-refractivity contribution in [2.24, 2.45) is 4.99 Å². The third kappa shape index (κ3) is 4.27. The van der Waals surface area contributed by atoms with E-state index in [9.17, 15) is 14.7 Å². The van der Waals surface area contributed by atoms with Crippen LogP contribution in [-0.4, -0.2) is 30.2 Å². The van der Waals surface area contributed by atoms with Crippen molar-refractivity contribution in [3.8, 4) is 5.75 Å². The number of ketones is 1. The van der Waals surface area contributed by atoms with Crippen LogP contribution in [0.5, 0.6) is 5.75 Å². The standard InChI is InChI=1S/C22H16ClNO4/c1-28-22(27)18-5-3-2-4-16(18)13-24-19-12-15(8-11-20(19)25)21(26)14-6-9-17(23)10-7-14/h2-13,25H,1H3. The Bertz CT molecular complexity index is 1060. The molecule has 0 fully saturated rings. The zero-order valence-electron chi connectivity index (χ0n) is 14.9. The Labute approximate surface area is 166 Å². The number of ether oxygens (including phenoxy) is 1. The molecule has 140 valence electrons. The van der Waals surface area contributed by atoms with E-state index in [0.29, 0.717) is 27.3 Å². The molecule has 28 heavy (non-hydrogen) atoms. The van der Waals surface area contributed by atoms with E-state index in [4.69, 9.17) is 16.3 Å². The molecular formula is C22H16ClNO4. The third-order valence-electron chi connectivity index (χ3n) is 4.05. The minimum atomic E-state index is -0.488. The fourth-order valence-electron chi connectivity index (χ4n) is 2.58. The lowest BCUT2D eigenvalue weighted by Crippen LogP contribution is -2.05. The SMILES string of the molecule is COC(=O)c1ccccc1C=Nc1cc(C(=O)c2ccc(Cl)cc2)ccc1O. The summed E-state index contributed by atoms with van der Waals surface area (Å²) in [5.41, 5.74) is 1.93. The maximum absolute atomic E-state index is 12.6. The molecule has 0 heterocycles. The summed E-state index contributed by atoms with van der Waals surface area (Å²) in [5, 5.41) is 10.6. The molecule has 3 rings (SSSR count). The number of aliphatic imine (C=N–C) groups is 1. The van der Waals surface area contributed by atoms with Crippen LogP contribution in [0.25, 0.3) is 0 Å². The Hall–Kier alpha value is -3.44. The Morgan fingerprint density at radius 1 is 1.00 bits per heavy atom. The molecule has 0 radical (unpaired) electrons. The highest BCUT2D eigenvalue weighted by atomic mass is 35.5. The van der Waals surface area contributed by atoms with E-state index >= 15 is 0 Å². The molecule has 0 aromatic heterocycles. The smallest absolute Gasteiger partial charge is 0.338 e. The molecule has 0 aliphatic heterocycles. The van der Waals surface area contributed by atoms with Crippen molar-refractivity contribution in [2.75, 3.05) is 7.11 Å². The summed E-state index contributed by atoms with van der Waals surface area (Å²) in [6.45, 7) is 0. The highest BCUT2D eigenvalue weighted by Crippen LogP contribution is 2.28. The number of nitrogens with zero attached hydrogens (tertiary/aromatic N) is 1. The largest absolute Gasteiger partial charge is 0.506 e. The fourth-order valence-corrected chi connectivity index (χ4v) is 2.71. The quantitative estimate of drug-likeness (QED) is 0.383. The molecular weight excluding hydrogens is 378 g/mol. The van der Waals surface area contributed by atoms with Crippen molar-refractivity contribution in [3.63, 3.8) is 0 Å². The van der Waals surface area contributed by atoms with Gasteiger partial charge in [0, 0.05) is 27.9 Å². The number of aromatic hydroxyl groups is 1. The van der Waals surface area contributed by atoms with Crippen LogP contribution in [0.1, 0.15) is 31.8 Å². The van der Waals surface area contributed by atoms with Gasteiger partial charge in [-0.25, -0.2) is 4.79 Å². The molecule has 6 heteroatoms. The van der Waals surface area contributed by atoms with Gasteiger partial charge in [0.1, 0.15) is 11.4 Å². The van der Waals surface area contributed by atoms with Gasteiger partial charge >= 0.3 is 5.97 Å². The van der Waals surface area contributed by atoms with Gasteiger partial charge in [-0.1, -0.05) is 29.8 Å². The number of hydrogen-bond donors (Lipinski definition) is 1. The number of hydrogen-bond acceptors (Lipinski definition) is 5. The first-order valence-electron chi connectivity index (χ1n) is 8.34. The number of carbonyl (C=O) groups excluding carboxylic acids is 2. The maximum atomic E-state index is 12.6. The number of halogens is 1. The van der Waals surface area contributed by atoms with Gasteiger partial charge < -0.3 is 9.84 Å². The molecule has 3 aromatic rings. The van der Waals surface area contributed by atoms with Crippen LogP contribution in [0.3, 0.4) is 0 Å². The number of methoxy groups -OCH3 is 1. The van der Waals surface area contributed by atoms with Crippen LogP contribution in [0.2, 0.25) is 5.02 Å². The fraction of sp³-hybridized carbons (Fsp3) is 0.0455. The van der Waals surface area contributed by atoms with Gasteiger partial charge in [-0.15, -0.1) is 0 Å². The minimum absolute atomic E-state index is 0.0838. The second kappa shape index (κ2) is 8.50. The summed E-state index contributed by atoms with van der Waals surface area (Å²) in [4.78, 5) is 28.7. The summed E-state index contributed by atoms with van der Waals surface area (Å²) in [7, 11) is 1.30. The van der Waals surface area contributed by atoms with Gasteiger partial charge in [-0.05, 0) is 48.5 Å². The average molecular weight is 394 g/mol.